The zero-order valence-corrected chi connectivity index (χ0v) is 13.1. The minimum absolute atomic E-state index is 0.0883. The molecule has 0 spiro atoms. The van der Waals surface area contributed by atoms with E-state index in [9.17, 15) is 12.8 Å². The Labute approximate surface area is 138 Å². The average Bonchev–Trinajstić information content (AvgIpc) is 2.55. The van der Waals surface area contributed by atoms with Crippen molar-refractivity contribution < 1.29 is 12.8 Å². The number of hydrogen-bond acceptors (Lipinski definition) is 5. The van der Waals surface area contributed by atoms with Gasteiger partial charge in [-0.25, -0.2) is 22.8 Å². The molecular weight excluding hydrogens is 331 g/mol. The van der Waals surface area contributed by atoms with Crippen LogP contribution in [0.1, 0.15) is 0 Å². The first kappa shape index (κ1) is 16.0. The molecule has 0 unspecified atom stereocenters. The van der Waals surface area contributed by atoms with Crippen LogP contribution in [0.5, 0.6) is 0 Å². The number of anilines is 1. The van der Waals surface area contributed by atoms with Gasteiger partial charge in [-0.15, -0.1) is 0 Å². The van der Waals surface area contributed by atoms with E-state index in [1.807, 2.05) is 0 Å². The van der Waals surface area contributed by atoms with Gasteiger partial charge in [-0.05, 0) is 23.3 Å². The van der Waals surface area contributed by atoms with Gasteiger partial charge in [0.25, 0.3) is 0 Å². The molecule has 0 aliphatic rings. The third-order valence-corrected chi connectivity index (χ3v) is 4.37. The largest absolute Gasteiger partial charge is 0.560 e. The molecule has 1 heterocycles. The van der Waals surface area contributed by atoms with Crippen molar-refractivity contribution in [3.8, 4) is 22.3 Å². The first-order chi connectivity index (χ1) is 11.4. The predicted molar refractivity (Wildman–Crippen MR) is 88.8 cm³/mol. The summed E-state index contributed by atoms with van der Waals surface area (Å²) in [5.41, 5.74) is 6.76. The van der Waals surface area contributed by atoms with Crippen LogP contribution in [-0.4, -0.2) is 18.4 Å². The zero-order chi connectivity index (χ0) is 17.3. The van der Waals surface area contributed by atoms with Crippen molar-refractivity contribution in [3.63, 3.8) is 0 Å². The van der Waals surface area contributed by atoms with Gasteiger partial charge in [-0.3, -0.25) is 0 Å². The topological polar surface area (TPSA) is 110 Å². The molecule has 3 N–H and O–H groups in total. The van der Waals surface area contributed by atoms with Gasteiger partial charge in [0.1, 0.15) is 5.82 Å². The number of nitrogen functional groups attached to an aromatic ring is 1. The number of benzene rings is 2. The molecule has 122 valence electrons. The van der Waals surface area contributed by atoms with Gasteiger partial charge in [0.05, 0.1) is 14.9 Å². The normalized spacial score (nSPS) is 11.4. The molecule has 0 aliphatic carbocycles. The predicted octanol–water partition coefficient (Wildman–Crippen LogP) is 3.27. The summed E-state index contributed by atoms with van der Waals surface area (Å²) in [5, 5.41) is 7.26. The molecule has 8 heteroatoms. The van der Waals surface area contributed by atoms with E-state index in [1.165, 1.54) is 42.7 Å². The Kier molecular flexibility index (Phi) is 4.00. The minimum Gasteiger partial charge on any atom is -0.560 e. The van der Waals surface area contributed by atoms with Gasteiger partial charge >= 0.3 is 0 Å². The monoisotopic (exact) mass is 343 g/mol. The molecule has 3 aromatic rings. The van der Waals surface area contributed by atoms with Crippen LogP contribution in [0.25, 0.3) is 27.4 Å². The Morgan fingerprint density at radius 3 is 2.25 bits per heavy atom. The number of halogens is 1. The SMILES string of the molecule is [NH-]S(=O)(=O)c1ccccc1-c1ccc(-c2cnc(N)nc2)c(F)c1. The Morgan fingerprint density at radius 2 is 1.62 bits per heavy atom. The average molecular weight is 343 g/mol. The molecule has 0 fully saturated rings. The van der Waals surface area contributed by atoms with Crippen LogP contribution in [0.3, 0.4) is 0 Å². The Balaban J connectivity index is 2.10. The molecule has 0 atom stereocenters. The lowest BCUT2D eigenvalue weighted by atomic mass is 10.0. The lowest BCUT2D eigenvalue weighted by Gasteiger charge is -2.13. The molecule has 0 aliphatic heterocycles. The van der Waals surface area contributed by atoms with Crippen LogP contribution < -0.4 is 5.73 Å². The third-order valence-electron chi connectivity index (χ3n) is 3.44. The Bertz CT molecular complexity index is 1000. The fraction of sp³-hybridized carbons (Fsp3) is 0. The molecule has 3 rings (SSSR count). The number of nitrogens with one attached hydrogen (secondary N) is 1. The molecule has 24 heavy (non-hydrogen) atoms. The maximum atomic E-state index is 14.5. The molecule has 1 aromatic heterocycles. The summed E-state index contributed by atoms with van der Waals surface area (Å²) in [4.78, 5) is 7.47. The van der Waals surface area contributed by atoms with E-state index >= 15 is 0 Å². The Morgan fingerprint density at radius 1 is 0.958 bits per heavy atom. The van der Waals surface area contributed by atoms with E-state index in [0.717, 1.165) is 0 Å². The molecule has 0 bridgehead atoms. The highest BCUT2D eigenvalue weighted by molar-refractivity contribution is 7.93. The highest BCUT2D eigenvalue weighted by atomic mass is 32.2. The summed E-state index contributed by atoms with van der Waals surface area (Å²) >= 11 is 0. The highest BCUT2D eigenvalue weighted by Gasteiger charge is 2.13. The molecule has 0 amide bonds. The smallest absolute Gasteiger partial charge is 0.219 e. The second kappa shape index (κ2) is 5.99. The van der Waals surface area contributed by atoms with Crippen molar-refractivity contribution >= 4 is 16.0 Å². The van der Waals surface area contributed by atoms with Gasteiger partial charge in [0, 0.05) is 23.5 Å². The van der Waals surface area contributed by atoms with Crippen LogP contribution in [0.4, 0.5) is 10.3 Å². The minimum atomic E-state index is -4.17. The van der Waals surface area contributed by atoms with Gasteiger partial charge in [0.15, 0.2) is 0 Å². The lowest BCUT2D eigenvalue weighted by Crippen LogP contribution is -1.97. The number of rotatable bonds is 3. The number of nitrogens with two attached hydrogens (primary N) is 1. The van der Waals surface area contributed by atoms with E-state index in [1.54, 1.807) is 12.1 Å². The fourth-order valence-electron chi connectivity index (χ4n) is 2.33. The quantitative estimate of drug-likeness (QED) is 0.785. The number of hydrogen-bond donors (Lipinski definition) is 1. The van der Waals surface area contributed by atoms with Gasteiger partial charge < -0.3 is 10.9 Å². The molecule has 0 radical (unpaired) electrons. The van der Waals surface area contributed by atoms with Crippen molar-refractivity contribution in [3.05, 3.63) is 65.8 Å². The number of sulfonamides is 1. The summed E-state index contributed by atoms with van der Waals surface area (Å²) < 4.78 is 37.6. The molecule has 6 nitrogen and oxygen atoms in total. The molecular formula is C16H12FN4O2S-. The Hall–Kier alpha value is -2.84. The van der Waals surface area contributed by atoms with Crippen LogP contribution in [0, 0.1) is 5.82 Å². The van der Waals surface area contributed by atoms with E-state index in [4.69, 9.17) is 10.9 Å². The lowest BCUT2D eigenvalue weighted by molar-refractivity contribution is 0.605. The number of nitrogens with zero attached hydrogens (tertiary/aromatic N) is 2. The summed E-state index contributed by atoms with van der Waals surface area (Å²) in [7, 11) is -4.17. The number of aromatic nitrogens is 2. The van der Waals surface area contributed by atoms with Crippen molar-refractivity contribution in [2.45, 2.75) is 4.90 Å². The van der Waals surface area contributed by atoms with Crippen molar-refractivity contribution in [2.24, 2.45) is 0 Å². The van der Waals surface area contributed by atoms with Crippen molar-refractivity contribution in [1.82, 2.24) is 9.97 Å². The highest BCUT2D eigenvalue weighted by Crippen LogP contribution is 2.31. The molecule has 2 aromatic carbocycles. The molecule has 0 saturated carbocycles. The van der Waals surface area contributed by atoms with Crippen LogP contribution in [-0.2, 0) is 10.0 Å². The second-order valence-corrected chi connectivity index (χ2v) is 6.47. The van der Waals surface area contributed by atoms with E-state index in [0.29, 0.717) is 11.1 Å². The standard InChI is InChI=1S/C16H12FN4O2S/c17-14-7-10(13-3-1-2-4-15(13)24(19,22)23)5-6-12(14)11-8-20-16(18)21-9-11/h1-9H,(H3-,18,19,20,21,22,23)/q-1. The van der Waals surface area contributed by atoms with E-state index in [2.05, 4.69) is 9.97 Å². The summed E-state index contributed by atoms with van der Waals surface area (Å²) in [6.07, 6.45) is 2.81. The van der Waals surface area contributed by atoms with Gasteiger partial charge in [0.2, 0.25) is 5.95 Å². The van der Waals surface area contributed by atoms with Crippen LogP contribution in [0.15, 0.2) is 59.8 Å². The second-order valence-electron chi connectivity index (χ2n) is 5.02. The molecule has 0 saturated heterocycles. The summed E-state index contributed by atoms with van der Waals surface area (Å²) in [6.45, 7) is 0. The third kappa shape index (κ3) is 3.10. The van der Waals surface area contributed by atoms with Crippen molar-refractivity contribution in [2.75, 3.05) is 5.73 Å². The zero-order valence-electron chi connectivity index (χ0n) is 12.3. The van der Waals surface area contributed by atoms with E-state index < -0.39 is 15.8 Å². The summed E-state index contributed by atoms with van der Waals surface area (Å²) in [6, 6.07) is 10.3. The van der Waals surface area contributed by atoms with Gasteiger partial charge in [-0.2, -0.15) is 0 Å². The van der Waals surface area contributed by atoms with Crippen LogP contribution in [0.2, 0.25) is 0 Å². The van der Waals surface area contributed by atoms with Gasteiger partial charge in [-0.1, -0.05) is 30.3 Å². The first-order valence-electron chi connectivity index (χ1n) is 6.83. The maximum absolute atomic E-state index is 14.5. The fourth-order valence-corrected chi connectivity index (χ4v) is 3.07. The van der Waals surface area contributed by atoms with Crippen LogP contribution >= 0.6 is 0 Å². The van der Waals surface area contributed by atoms with E-state index in [-0.39, 0.29) is 22.0 Å². The maximum Gasteiger partial charge on any atom is 0.219 e. The van der Waals surface area contributed by atoms with Crippen molar-refractivity contribution in [1.29, 1.82) is 0 Å². The summed E-state index contributed by atoms with van der Waals surface area (Å²) in [5.74, 6) is -0.469. The first-order valence-corrected chi connectivity index (χ1v) is 8.31.